The summed E-state index contributed by atoms with van der Waals surface area (Å²) in [5.74, 6) is -0.767. The highest BCUT2D eigenvalue weighted by molar-refractivity contribution is 5.96. The van der Waals surface area contributed by atoms with Crippen molar-refractivity contribution in [3.05, 3.63) is 72.1 Å². The Morgan fingerprint density at radius 3 is 2.41 bits per heavy atom. The van der Waals surface area contributed by atoms with Gasteiger partial charge < -0.3 is 14.4 Å². The van der Waals surface area contributed by atoms with Gasteiger partial charge in [0.05, 0.1) is 17.1 Å². The standard InChI is InChI=1S/C21H18N2O4/c1-13(24)23-17-9-4-3-8-16(17)22-12-6-10-18(22)20(23)15-7-5-11-19(21(15)26)27-14(2)25/h3-12,20,26H,1-2H3. The smallest absolute Gasteiger partial charge is 0.308 e. The summed E-state index contributed by atoms with van der Waals surface area (Å²) in [6.45, 7) is 2.77. The first kappa shape index (κ1) is 16.9. The van der Waals surface area contributed by atoms with Crippen LogP contribution in [0.5, 0.6) is 11.5 Å². The van der Waals surface area contributed by atoms with Crippen LogP contribution in [0.15, 0.2) is 60.8 Å². The van der Waals surface area contributed by atoms with Gasteiger partial charge in [0, 0.05) is 25.6 Å². The number of hydrogen-bond donors (Lipinski definition) is 1. The van der Waals surface area contributed by atoms with Gasteiger partial charge >= 0.3 is 5.97 Å². The zero-order valence-electron chi connectivity index (χ0n) is 14.9. The summed E-state index contributed by atoms with van der Waals surface area (Å²) in [4.78, 5) is 25.6. The topological polar surface area (TPSA) is 71.8 Å². The Labute approximate surface area is 156 Å². The molecule has 1 atom stereocenters. The van der Waals surface area contributed by atoms with E-state index in [4.69, 9.17) is 4.74 Å². The third-order valence-electron chi connectivity index (χ3n) is 4.64. The second-order valence-corrected chi connectivity index (χ2v) is 6.37. The highest BCUT2D eigenvalue weighted by Crippen LogP contribution is 2.46. The fraction of sp³-hybridized carbons (Fsp3) is 0.143. The van der Waals surface area contributed by atoms with E-state index in [1.54, 1.807) is 17.0 Å². The molecule has 0 bridgehead atoms. The first-order chi connectivity index (χ1) is 13.0. The molecule has 0 spiro atoms. The number of anilines is 1. The molecule has 0 saturated heterocycles. The van der Waals surface area contributed by atoms with Gasteiger partial charge in [-0.15, -0.1) is 0 Å². The van der Waals surface area contributed by atoms with E-state index >= 15 is 0 Å². The Morgan fingerprint density at radius 2 is 1.70 bits per heavy atom. The molecular weight excluding hydrogens is 344 g/mol. The molecule has 0 fully saturated rings. The van der Waals surface area contributed by atoms with Crippen LogP contribution in [0.3, 0.4) is 0 Å². The van der Waals surface area contributed by atoms with Crippen LogP contribution in [-0.4, -0.2) is 21.6 Å². The number of phenols is 1. The van der Waals surface area contributed by atoms with Crippen molar-refractivity contribution in [1.82, 2.24) is 4.57 Å². The molecule has 2 heterocycles. The lowest BCUT2D eigenvalue weighted by Gasteiger charge is -2.38. The molecular formula is C21H18N2O4. The molecule has 1 aliphatic heterocycles. The van der Waals surface area contributed by atoms with Crippen LogP contribution in [0, 0.1) is 0 Å². The number of benzene rings is 2. The van der Waals surface area contributed by atoms with Crippen molar-refractivity contribution < 1.29 is 19.4 Å². The van der Waals surface area contributed by atoms with Gasteiger partial charge in [-0.3, -0.25) is 14.5 Å². The number of carbonyl (C=O) groups excluding carboxylic acids is 2. The average Bonchev–Trinajstić information content (AvgIpc) is 3.12. The number of fused-ring (bicyclic) bond motifs is 3. The van der Waals surface area contributed by atoms with Gasteiger partial charge in [0.1, 0.15) is 6.04 Å². The van der Waals surface area contributed by atoms with Crippen LogP contribution in [0.1, 0.15) is 31.1 Å². The van der Waals surface area contributed by atoms with E-state index in [-0.39, 0.29) is 17.4 Å². The van der Waals surface area contributed by atoms with Crippen molar-refractivity contribution in [2.45, 2.75) is 19.9 Å². The van der Waals surface area contributed by atoms with Crippen molar-refractivity contribution >= 4 is 17.6 Å². The van der Waals surface area contributed by atoms with Crippen LogP contribution in [0.25, 0.3) is 5.69 Å². The third kappa shape index (κ3) is 2.66. The lowest BCUT2D eigenvalue weighted by molar-refractivity contribution is -0.132. The summed E-state index contributed by atoms with van der Waals surface area (Å²) in [5, 5.41) is 10.8. The Morgan fingerprint density at radius 1 is 0.963 bits per heavy atom. The minimum Gasteiger partial charge on any atom is -0.504 e. The Bertz CT molecular complexity index is 1050. The van der Waals surface area contributed by atoms with E-state index in [1.165, 1.54) is 19.9 Å². The molecule has 6 nitrogen and oxygen atoms in total. The number of hydrogen-bond acceptors (Lipinski definition) is 4. The van der Waals surface area contributed by atoms with Crippen molar-refractivity contribution in [3.63, 3.8) is 0 Å². The molecule has 0 aliphatic carbocycles. The lowest BCUT2D eigenvalue weighted by Crippen LogP contribution is -2.38. The predicted octanol–water partition coefficient (Wildman–Crippen LogP) is 3.56. The largest absolute Gasteiger partial charge is 0.504 e. The van der Waals surface area contributed by atoms with Crippen LogP contribution in [0.2, 0.25) is 0 Å². The van der Waals surface area contributed by atoms with E-state index in [2.05, 4.69) is 0 Å². The van der Waals surface area contributed by atoms with Crippen LogP contribution in [-0.2, 0) is 9.59 Å². The average molecular weight is 362 g/mol. The number of rotatable bonds is 2. The number of aromatic nitrogens is 1. The highest BCUT2D eigenvalue weighted by atomic mass is 16.5. The molecule has 0 saturated carbocycles. The molecule has 136 valence electrons. The highest BCUT2D eigenvalue weighted by Gasteiger charge is 2.36. The molecule has 2 aromatic carbocycles. The lowest BCUT2D eigenvalue weighted by atomic mass is 9.96. The van der Waals surface area contributed by atoms with Crippen molar-refractivity contribution in [3.8, 4) is 17.2 Å². The number of amides is 1. The van der Waals surface area contributed by atoms with Gasteiger partial charge in [0.15, 0.2) is 11.5 Å². The van der Waals surface area contributed by atoms with E-state index in [0.717, 1.165) is 17.1 Å². The zero-order chi connectivity index (χ0) is 19.1. The Kier molecular flexibility index (Phi) is 3.96. The van der Waals surface area contributed by atoms with Crippen molar-refractivity contribution in [2.75, 3.05) is 4.90 Å². The van der Waals surface area contributed by atoms with Gasteiger partial charge in [-0.2, -0.15) is 0 Å². The summed E-state index contributed by atoms with van der Waals surface area (Å²) >= 11 is 0. The first-order valence-electron chi connectivity index (χ1n) is 8.55. The van der Waals surface area contributed by atoms with Gasteiger partial charge in [0.25, 0.3) is 0 Å². The molecule has 3 aromatic rings. The van der Waals surface area contributed by atoms with Gasteiger partial charge in [-0.25, -0.2) is 0 Å². The predicted molar refractivity (Wildman–Crippen MR) is 100 cm³/mol. The fourth-order valence-electron chi connectivity index (χ4n) is 3.63. The second-order valence-electron chi connectivity index (χ2n) is 6.37. The second kappa shape index (κ2) is 6.32. The zero-order valence-corrected chi connectivity index (χ0v) is 14.9. The van der Waals surface area contributed by atoms with E-state index in [0.29, 0.717) is 5.56 Å². The molecule has 27 heavy (non-hydrogen) atoms. The summed E-state index contributed by atoms with van der Waals surface area (Å²) < 4.78 is 7.11. The summed E-state index contributed by atoms with van der Waals surface area (Å²) in [7, 11) is 0. The normalized spacial score (nSPS) is 15.0. The maximum Gasteiger partial charge on any atom is 0.308 e. The number of ether oxygens (including phenoxy) is 1. The molecule has 1 unspecified atom stereocenters. The number of para-hydroxylation sites is 3. The fourth-order valence-corrected chi connectivity index (χ4v) is 3.63. The molecule has 1 aromatic heterocycles. The summed E-state index contributed by atoms with van der Waals surface area (Å²) in [6.07, 6.45) is 1.92. The van der Waals surface area contributed by atoms with E-state index in [9.17, 15) is 14.7 Å². The SMILES string of the molecule is CC(=O)Oc1cccc(C2c3cccn3-c3ccccc3N2C(C)=O)c1O. The molecule has 4 rings (SSSR count). The monoisotopic (exact) mass is 362 g/mol. The Balaban J connectivity index is 1.95. The molecule has 1 N–H and O–H groups in total. The number of esters is 1. The molecule has 1 amide bonds. The van der Waals surface area contributed by atoms with Gasteiger partial charge in [-0.05, 0) is 30.3 Å². The quantitative estimate of drug-likeness (QED) is 0.559. The van der Waals surface area contributed by atoms with E-state index in [1.807, 2.05) is 47.2 Å². The number of carbonyl (C=O) groups is 2. The van der Waals surface area contributed by atoms with Gasteiger partial charge in [-0.1, -0.05) is 24.3 Å². The van der Waals surface area contributed by atoms with Crippen molar-refractivity contribution in [2.24, 2.45) is 0 Å². The maximum absolute atomic E-state index is 12.6. The molecule has 1 aliphatic rings. The van der Waals surface area contributed by atoms with Crippen LogP contribution >= 0.6 is 0 Å². The van der Waals surface area contributed by atoms with Gasteiger partial charge in [0.2, 0.25) is 5.91 Å². The minimum atomic E-state index is -0.553. The molecule has 0 radical (unpaired) electrons. The minimum absolute atomic E-state index is 0.0699. The maximum atomic E-state index is 12.6. The first-order valence-corrected chi connectivity index (χ1v) is 8.55. The van der Waals surface area contributed by atoms with Crippen LogP contribution in [0.4, 0.5) is 5.69 Å². The van der Waals surface area contributed by atoms with Crippen molar-refractivity contribution in [1.29, 1.82) is 0 Å². The number of phenolic OH excluding ortho intramolecular Hbond substituents is 1. The summed E-state index contributed by atoms with van der Waals surface area (Å²) in [5.41, 5.74) is 2.95. The number of nitrogens with zero attached hydrogens (tertiary/aromatic N) is 2. The third-order valence-corrected chi connectivity index (χ3v) is 4.64. The molecule has 6 heteroatoms. The van der Waals surface area contributed by atoms with E-state index < -0.39 is 12.0 Å². The Hall–Kier alpha value is -3.54. The van der Waals surface area contributed by atoms with Crippen LogP contribution < -0.4 is 9.64 Å². The number of aromatic hydroxyl groups is 1. The summed E-state index contributed by atoms with van der Waals surface area (Å²) in [6, 6.07) is 15.8.